The van der Waals surface area contributed by atoms with Crippen LogP contribution >= 0.6 is 0 Å². The van der Waals surface area contributed by atoms with Gasteiger partial charge in [0.2, 0.25) is 0 Å². The molecule has 0 amide bonds. The van der Waals surface area contributed by atoms with Gasteiger partial charge in [0, 0.05) is 13.2 Å². The third-order valence-corrected chi connectivity index (χ3v) is 1.50. The molecule has 5 heteroatoms. The SMILES string of the molecule is CC(O)(CN)NC(C=O)CCO. The topological polar surface area (TPSA) is 95.6 Å². The van der Waals surface area contributed by atoms with Crippen LogP contribution in [0.5, 0.6) is 0 Å². The number of aldehydes is 1. The average molecular weight is 176 g/mol. The van der Waals surface area contributed by atoms with Gasteiger partial charge in [-0.1, -0.05) is 0 Å². The molecule has 0 aromatic carbocycles. The lowest BCUT2D eigenvalue weighted by Crippen LogP contribution is -2.53. The lowest BCUT2D eigenvalue weighted by molar-refractivity contribution is -0.112. The molecule has 0 saturated heterocycles. The van der Waals surface area contributed by atoms with Crippen molar-refractivity contribution in [3.05, 3.63) is 0 Å². The summed E-state index contributed by atoms with van der Waals surface area (Å²) in [7, 11) is 0. The van der Waals surface area contributed by atoms with Gasteiger partial charge in [-0.15, -0.1) is 0 Å². The first kappa shape index (κ1) is 11.5. The van der Waals surface area contributed by atoms with Crippen LogP contribution in [0.15, 0.2) is 0 Å². The van der Waals surface area contributed by atoms with E-state index in [1.807, 2.05) is 0 Å². The first-order valence-electron chi connectivity index (χ1n) is 3.82. The van der Waals surface area contributed by atoms with Crippen molar-refractivity contribution in [1.29, 1.82) is 0 Å². The average Bonchev–Trinajstić information content (AvgIpc) is 2.03. The van der Waals surface area contributed by atoms with E-state index in [0.717, 1.165) is 0 Å². The smallest absolute Gasteiger partial charge is 0.137 e. The van der Waals surface area contributed by atoms with Crippen LogP contribution in [0, 0.1) is 0 Å². The molecule has 0 saturated carbocycles. The molecule has 0 aromatic heterocycles. The van der Waals surface area contributed by atoms with Gasteiger partial charge in [0.25, 0.3) is 0 Å². The quantitative estimate of drug-likeness (QED) is 0.283. The number of rotatable bonds is 6. The largest absolute Gasteiger partial charge is 0.396 e. The summed E-state index contributed by atoms with van der Waals surface area (Å²) in [5.74, 6) is 0. The molecule has 0 aliphatic rings. The molecule has 5 N–H and O–H groups in total. The molecule has 0 aliphatic carbocycles. The molecular formula is C7H16N2O3. The number of hydrogen-bond acceptors (Lipinski definition) is 5. The fourth-order valence-electron chi connectivity index (χ4n) is 0.772. The van der Waals surface area contributed by atoms with Gasteiger partial charge in [0.15, 0.2) is 0 Å². The van der Waals surface area contributed by atoms with Gasteiger partial charge in [-0.2, -0.15) is 0 Å². The Morgan fingerprint density at radius 3 is 2.67 bits per heavy atom. The van der Waals surface area contributed by atoms with Crippen LogP contribution in [-0.2, 0) is 4.79 Å². The highest BCUT2D eigenvalue weighted by Crippen LogP contribution is 1.98. The van der Waals surface area contributed by atoms with E-state index in [-0.39, 0.29) is 19.6 Å². The van der Waals surface area contributed by atoms with Crippen molar-refractivity contribution in [3.8, 4) is 0 Å². The first-order chi connectivity index (χ1) is 5.55. The van der Waals surface area contributed by atoms with Gasteiger partial charge in [-0.3, -0.25) is 5.32 Å². The fourth-order valence-corrected chi connectivity index (χ4v) is 0.772. The fraction of sp³-hybridized carbons (Fsp3) is 0.857. The van der Waals surface area contributed by atoms with Crippen LogP contribution in [-0.4, -0.2) is 41.4 Å². The molecule has 2 unspecified atom stereocenters. The van der Waals surface area contributed by atoms with Crippen molar-refractivity contribution in [2.45, 2.75) is 25.1 Å². The molecule has 0 spiro atoms. The van der Waals surface area contributed by atoms with E-state index in [2.05, 4.69) is 5.32 Å². The summed E-state index contributed by atoms with van der Waals surface area (Å²) < 4.78 is 0. The molecule has 0 bridgehead atoms. The van der Waals surface area contributed by atoms with E-state index in [1.54, 1.807) is 0 Å². The van der Waals surface area contributed by atoms with Crippen LogP contribution < -0.4 is 11.1 Å². The monoisotopic (exact) mass is 176 g/mol. The number of aliphatic hydroxyl groups excluding tert-OH is 1. The molecule has 0 fully saturated rings. The number of nitrogens with one attached hydrogen (secondary N) is 1. The lowest BCUT2D eigenvalue weighted by Gasteiger charge is -2.26. The molecule has 0 rings (SSSR count). The molecule has 12 heavy (non-hydrogen) atoms. The molecule has 0 aliphatic heterocycles. The van der Waals surface area contributed by atoms with Crippen LogP contribution in [0.25, 0.3) is 0 Å². The molecule has 72 valence electrons. The second kappa shape index (κ2) is 5.21. The van der Waals surface area contributed by atoms with Crippen LogP contribution in [0.3, 0.4) is 0 Å². The molecule has 0 aromatic rings. The van der Waals surface area contributed by atoms with Gasteiger partial charge in [0.1, 0.15) is 12.0 Å². The third kappa shape index (κ3) is 4.40. The Labute approximate surface area is 71.6 Å². The maximum Gasteiger partial charge on any atom is 0.137 e. The molecular weight excluding hydrogens is 160 g/mol. The zero-order chi connectivity index (χ0) is 9.61. The third-order valence-electron chi connectivity index (χ3n) is 1.50. The Morgan fingerprint density at radius 1 is 1.75 bits per heavy atom. The van der Waals surface area contributed by atoms with E-state index in [4.69, 9.17) is 10.8 Å². The Hall–Kier alpha value is -0.490. The normalized spacial score (nSPS) is 18.3. The van der Waals surface area contributed by atoms with E-state index >= 15 is 0 Å². The summed E-state index contributed by atoms with van der Waals surface area (Å²) in [6, 6.07) is -0.548. The summed E-state index contributed by atoms with van der Waals surface area (Å²) in [4.78, 5) is 10.4. The van der Waals surface area contributed by atoms with Crippen molar-refractivity contribution < 1.29 is 15.0 Å². The number of nitrogens with two attached hydrogens (primary N) is 1. The van der Waals surface area contributed by atoms with Gasteiger partial charge in [-0.25, -0.2) is 0 Å². The summed E-state index contributed by atoms with van der Waals surface area (Å²) >= 11 is 0. The predicted molar refractivity (Wildman–Crippen MR) is 44.4 cm³/mol. The first-order valence-corrected chi connectivity index (χ1v) is 3.82. The molecule has 5 nitrogen and oxygen atoms in total. The van der Waals surface area contributed by atoms with E-state index in [0.29, 0.717) is 6.29 Å². The van der Waals surface area contributed by atoms with Gasteiger partial charge in [0.05, 0.1) is 6.04 Å². The minimum Gasteiger partial charge on any atom is -0.396 e. The highest BCUT2D eigenvalue weighted by Gasteiger charge is 2.21. The zero-order valence-corrected chi connectivity index (χ0v) is 7.16. The summed E-state index contributed by atoms with van der Waals surface area (Å²) in [6.07, 6.45) is 0.917. The van der Waals surface area contributed by atoms with Gasteiger partial charge in [-0.05, 0) is 13.3 Å². The Bertz CT molecular complexity index is 139. The number of hydrogen-bond donors (Lipinski definition) is 4. The summed E-state index contributed by atoms with van der Waals surface area (Å²) in [6.45, 7) is 1.39. The molecule has 0 radical (unpaired) electrons. The van der Waals surface area contributed by atoms with Crippen molar-refractivity contribution in [2.24, 2.45) is 5.73 Å². The second-order valence-corrected chi connectivity index (χ2v) is 2.88. The Kier molecular flexibility index (Phi) is 5.00. The van der Waals surface area contributed by atoms with Crippen molar-refractivity contribution in [2.75, 3.05) is 13.2 Å². The zero-order valence-electron chi connectivity index (χ0n) is 7.16. The standard InChI is InChI=1S/C7H16N2O3/c1-7(12,5-8)9-6(4-11)2-3-10/h4,6,9-10,12H,2-3,5,8H2,1H3. The summed E-state index contributed by atoms with van der Waals surface area (Å²) in [5.41, 5.74) is 3.97. The highest BCUT2D eigenvalue weighted by atomic mass is 16.3. The highest BCUT2D eigenvalue weighted by molar-refractivity contribution is 5.57. The molecule has 0 heterocycles. The maximum atomic E-state index is 10.4. The minimum atomic E-state index is -1.25. The van der Waals surface area contributed by atoms with E-state index in [1.165, 1.54) is 6.92 Å². The van der Waals surface area contributed by atoms with E-state index < -0.39 is 11.8 Å². The summed E-state index contributed by atoms with van der Waals surface area (Å²) in [5, 5.41) is 20.5. The molecule has 2 atom stereocenters. The van der Waals surface area contributed by atoms with Crippen LogP contribution in [0.2, 0.25) is 0 Å². The number of aliphatic hydroxyl groups is 2. The number of carbonyl (C=O) groups is 1. The van der Waals surface area contributed by atoms with E-state index in [9.17, 15) is 9.90 Å². The maximum absolute atomic E-state index is 10.4. The van der Waals surface area contributed by atoms with Gasteiger partial charge >= 0.3 is 0 Å². The van der Waals surface area contributed by atoms with Crippen molar-refractivity contribution in [1.82, 2.24) is 5.32 Å². The Morgan fingerprint density at radius 2 is 2.33 bits per heavy atom. The minimum absolute atomic E-state index is 0.0166. The van der Waals surface area contributed by atoms with Crippen LogP contribution in [0.4, 0.5) is 0 Å². The van der Waals surface area contributed by atoms with Crippen molar-refractivity contribution >= 4 is 6.29 Å². The lowest BCUT2D eigenvalue weighted by atomic mass is 10.2. The van der Waals surface area contributed by atoms with Crippen molar-refractivity contribution in [3.63, 3.8) is 0 Å². The predicted octanol–water partition coefficient (Wildman–Crippen LogP) is -1.81. The Balaban J connectivity index is 3.92. The number of carbonyl (C=O) groups excluding carboxylic acids is 1. The van der Waals surface area contributed by atoms with Crippen LogP contribution in [0.1, 0.15) is 13.3 Å². The van der Waals surface area contributed by atoms with Gasteiger partial charge < -0.3 is 20.7 Å². The second-order valence-electron chi connectivity index (χ2n) is 2.88.